The number of hydrogen-bond donors (Lipinski definition) is 22. The number of hydrogen-bond acceptors (Lipinski definition) is 30. The van der Waals surface area contributed by atoms with E-state index in [1.54, 1.807) is 18.6 Å². The maximum atomic E-state index is 11.8. The molecule has 0 spiro atoms. The monoisotopic (exact) mass is 1680 g/mol. The predicted octanol–water partition coefficient (Wildman–Crippen LogP) is 2.87. The molecule has 39 heteroatoms. The summed E-state index contributed by atoms with van der Waals surface area (Å²) in [5.41, 5.74) is 23.4. The van der Waals surface area contributed by atoms with E-state index in [-0.39, 0.29) is 126 Å². The summed E-state index contributed by atoms with van der Waals surface area (Å²) in [4.78, 5) is 118. The zero-order valence-corrected chi connectivity index (χ0v) is 67.5. The van der Waals surface area contributed by atoms with Crippen LogP contribution in [0, 0.1) is 53.3 Å². The number of allylic oxidation sites excluding steroid dienone is 1. The van der Waals surface area contributed by atoms with Crippen LogP contribution >= 0.6 is 11.6 Å². The zero-order valence-electron chi connectivity index (χ0n) is 66.8. The van der Waals surface area contributed by atoms with Gasteiger partial charge in [-0.2, -0.15) is 0 Å². The fraction of sp³-hybridized carbons (Fsp3) is 0.531. The number of rotatable bonds is 14. The van der Waals surface area contributed by atoms with Gasteiger partial charge in [0.25, 0.3) is 16.7 Å². The number of H-pyrrole nitrogens is 8. The van der Waals surface area contributed by atoms with Crippen LogP contribution in [0.2, 0.25) is 5.15 Å². The molecule has 120 heavy (non-hydrogen) atoms. The van der Waals surface area contributed by atoms with Gasteiger partial charge < -0.3 is 122 Å². The van der Waals surface area contributed by atoms with E-state index in [1.807, 2.05) is 18.5 Å². The molecule has 0 bridgehead atoms. The van der Waals surface area contributed by atoms with Gasteiger partial charge in [-0.3, -0.25) is 24.0 Å². The summed E-state index contributed by atoms with van der Waals surface area (Å²) in [6, 6.07) is 0. The van der Waals surface area contributed by atoms with Crippen molar-refractivity contribution in [1.29, 1.82) is 0 Å². The van der Waals surface area contributed by atoms with Gasteiger partial charge in [0, 0.05) is 164 Å². The summed E-state index contributed by atoms with van der Waals surface area (Å²) in [6.07, 6.45) is 17.9. The normalized spacial score (nSPS) is 30.4. The third kappa shape index (κ3) is 17.1. The number of fused-ring (bicyclic) bond motifs is 6. The molecule has 18 rings (SSSR count). The Kier molecular flexibility index (Phi) is 27.2. The van der Waals surface area contributed by atoms with Crippen LogP contribution in [0.25, 0.3) is 60.7 Å². The van der Waals surface area contributed by atoms with Crippen LogP contribution in [0.4, 0.5) is 11.6 Å². The third-order valence-corrected chi connectivity index (χ3v) is 26.1. The number of nitrogens with one attached hydrogen (secondary N) is 8. The maximum absolute atomic E-state index is 11.8. The Bertz CT molecular complexity index is 5520. The van der Waals surface area contributed by atoms with E-state index in [9.17, 15) is 85.3 Å². The van der Waals surface area contributed by atoms with Gasteiger partial charge in [-0.15, -0.1) is 0 Å². The van der Waals surface area contributed by atoms with E-state index in [2.05, 4.69) is 112 Å². The Hall–Kier alpha value is -10.3. The molecule has 2 unspecified atom stereocenters. The Balaban J connectivity index is 0.000000125. The minimum atomic E-state index is -0.961. The lowest BCUT2D eigenvalue weighted by Crippen LogP contribution is -2.29. The number of aliphatic hydroxyl groups excluding tert-OH is 12. The van der Waals surface area contributed by atoms with Crippen LogP contribution in [0.1, 0.15) is 162 Å². The van der Waals surface area contributed by atoms with Crippen molar-refractivity contribution in [3.05, 3.63) is 150 Å². The van der Waals surface area contributed by atoms with E-state index in [0.29, 0.717) is 134 Å². The highest BCUT2D eigenvalue weighted by atomic mass is 35.5. The minimum Gasteiger partial charge on any atom is -0.462 e. The quantitative estimate of drug-likeness (QED) is 0.0550. The first-order valence-electron chi connectivity index (χ1n) is 40.3. The van der Waals surface area contributed by atoms with E-state index >= 15 is 0 Å². The molecular weight excluding hydrogens is 1580 g/mol. The van der Waals surface area contributed by atoms with E-state index in [0.717, 1.165) is 64.5 Å². The Morgan fingerprint density at radius 3 is 1.10 bits per heavy atom. The van der Waals surface area contributed by atoms with Gasteiger partial charge in [-0.1, -0.05) is 58.2 Å². The average Bonchev–Trinajstić information content (AvgIpc) is 1.58. The fourth-order valence-electron chi connectivity index (χ4n) is 19.3. The molecule has 11 aromatic heterocycles. The number of carbonyl (C=O) groups is 2. The van der Waals surface area contributed by atoms with Crippen molar-refractivity contribution in [1.82, 2.24) is 84.7 Å². The van der Waals surface area contributed by atoms with Gasteiger partial charge in [0.05, 0.1) is 101 Å². The summed E-state index contributed by atoms with van der Waals surface area (Å²) in [6.45, 7) is 10.9. The summed E-state index contributed by atoms with van der Waals surface area (Å²) in [5.74, 6) is -0.364. The van der Waals surface area contributed by atoms with Crippen molar-refractivity contribution < 1.29 is 80.3 Å². The second-order valence-corrected chi connectivity index (χ2v) is 32.7. The van der Waals surface area contributed by atoms with Crippen molar-refractivity contribution in [3.8, 4) is 0 Å². The van der Waals surface area contributed by atoms with E-state index < -0.39 is 48.8 Å². The van der Waals surface area contributed by atoms with Crippen molar-refractivity contribution in [2.75, 3.05) is 37.9 Å². The Morgan fingerprint density at radius 1 is 0.408 bits per heavy atom. The first kappa shape index (κ1) is 87.5. The number of anilines is 2. The number of aromatic amines is 8. The van der Waals surface area contributed by atoms with Crippen molar-refractivity contribution in [2.24, 2.45) is 53.3 Å². The SMILES string of the molecule is CC[C@H]1C[C@@H](c2c[nH]c3c(=O)[nH]cnc23)C(OC(C)=O)[C@@H]1C.CC[C@H]1C[C@@H](c2c[nH]c3c(Cl)ncnc23)C(OC(C)=O)[C@@H]1C.Nc1ncnc2c([C@@H]3C[C@H](CO)[C@@H](O)[C@@H]3O)c[nH]c12.Nc1ncnc2c([C@@H]3C[C@H](CO)[C@@H](O)[C@@H]3O)c[nH]c12.O=c1[nH]cnc2c([C@@H]3C[C@H](CO)[C@@H](O)[C@@H]3O)c[nH]c12.O=c1[nH]cnc2c1CC=C2[C@@H]1C[C@H](CO)[C@@H](O)[C@@H]1O. The van der Waals surface area contributed by atoms with Crippen LogP contribution < -0.4 is 28.1 Å². The molecule has 6 fully saturated rings. The number of carbonyl (C=O) groups excluding carboxylic acids is 2. The number of nitrogen functional groups attached to an aromatic ring is 2. The lowest BCUT2D eigenvalue weighted by Gasteiger charge is -2.23. The fourth-order valence-corrected chi connectivity index (χ4v) is 19.5. The molecule has 6 saturated carbocycles. The molecule has 0 saturated heterocycles. The first-order valence-corrected chi connectivity index (χ1v) is 40.7. The lowest BCUT2D eigenvalue weighted by molar-refractivity contribution is -0.149. The molecule has 7 aliphatic carbocycles. The van der Waals surface area contributed by atoms with Gasteiger partial charge in [0.15, 0.2) is 16.8 Å². The molecule has 38 nitrogen and oxygen atoms in total. The van der Waals surface area contributed by atoms with Crippen LogP contribution in [-0.4, -0.2) is 245 Å². The molecule has 0 aliphatic heterocycles. The maximum Gasteiger partial charge on any atom is 0.302 e. The molecule has 7 aliphatic rings. The molecule has 24 N–H and O–H groups in total. The molecule has 0 radical (unpaired) electrons. The molecule has 11 aromatic rings. The highest BCUT2D eigenvalue weighted by molar-refractivity contribution is 6.33. The highest BCUT2D eigenvalue weighted by Gasteiger charge is 2.49. The van der Waals surface area contributed by atoms with Crippen LogP contribution in [-0.2, 0) is 25.5 Å². The van der Waals surface area contributed by atoms with Gasteiger partial charge in [0.2, 0.25) is 0 Å². The third-order valence-electron chi connectivity index (χ3n) is 25.9. The topological polar surface area (TPSA) is 641 Å². The second kappa shape index (κ2) is 37.3. The summed E-state index contributed by atoms with van der Waals surface area (Å²) in [7, 11) is 0. The minimum absolute atomic E-state index is 0.0758. The smallest absolute Gasteiger partial charge is 0.302 e. The molecule has 0 amide bonds. The average molecular weight is 1680 g/mol. The molecular formula is C81H104ClN19O19. The Morgan fingerprint density at radius 2 is 0.725 bits per heavy atom. The molecule has 0 aromatic carbocycles. The van der Waals surface area contributed by atoms with E-state index in [4.69, 9.17) is 32.5 Å². The number of halogens is 1. The largest absolute Gasteiger partial charge is 0.462 e. The van der Waals surface area contributed by atoms with Gasteiger partial charge >= 0.3 is 11.9 Å². The van der Waals surface area contributed by atoms with Crippen molar-refractivity contribution in [3.63, 3.8) is 0 Å². The predicted molar refractivity (Wildman–Crippen MR) is 438 cm³/mol. The van der Waals surface area contributed by atoms with E-state index in [1.165, 1.54) is 51.8 Å². The highest BCUT2D eigenvalue weighted by Crippen LogP contribution is 2.51. The zero-order chi connectivity index (χ0) is 86.0. The van der Waals surface area contributed by atoms with Crippen LogP contribution in [0.15, 0.2) is 89.4 Å². The molecule has 11 heterocycles. The Labute approximate surface area is 689 Å². The summed E-state index contributed by atoms with van der Waals surface area (Å²) < 4.78 is 11.2. The number of nitrogens with two attached hydrogens (primary N) is 2. The number of aromatic nitrogens is 17. The van der Waals surface area contributed by atoms with Gasteiger partial charge in [0.1, 0.15) is 58.8 Å². The standard InChI is InChI=1S/C16H20ClN3O2.C16H21N3O3.C13H16N2O4.2C12H16N4O3.C12H15N3O4/c1-4-10-5-11(15(8(10)2)22-9(3)21)12-6-18-14-13(12)19-7-20-16(14)17;1-4-10-5-11(15(8(10)2)22-9(3)20)12-6-17-14-13(12)18-7-19-16(14)21;16-4-6-3-9(12(18)11(6)17)7-1-2-8-10(7)14-5-15-13(8)19;2*13-12-9-8(15-4-16-12)7(2-14-9)6-1-5(3-17)10(18)11(6)19;16-3-5-1-6(11(18)10(5)17)7-2-13-9-8(7)14-4-15-12(9)19/h6-8,10-11,15,18H,4-5H2,1-3H3;6-8,10-11,15,17H,4-5H2,1-3H3,(H,18,19,21);1,5-6,9,11-12,16-18H,2-4H2,(H,14,15,19);2*2,4-6,10-11,14,17-19H,1,3H2,(H2,13,15,16);2,4-6,10-11,13,16-18H,1,3H2,(H,14,15,19)/t2*8-,10+,11+,15?;6-,9+,11-,12-;3*5-,6+,10-,11-/m111111/s1. The van der Waals surface area contributed by atoms with Gasteiger partial charge in [-0.25, -0.2) is 44.9 Å². The van der Waals surface area contributed by atoms with Crippen LogP contribution in [0.5, 0.6) is 0 Å². The van der Waals surface area contributed by atoms with Crippen LogP contribution in [0.3, 0.4) is 0 Å². The molecule has 644 valence electrons. The second-order valence-electron chi connectivity index (χ2n) is 32.4. The summed E-state index contributed by atoms with van der Waals surface area (Å²) >= 11 is 6.11. The number of nitrogens with zero attached hydrogens (tertiary/aromatic N) is 9. The van der Waals surface area contributed by atoms with Crippen molar-refractivity contribution >= 4 is 95.9 Å². The lowest BCUT2D eigenvalue weighted by atomic mass is 9.93. The number of ether oxygens (including phenoxy) is 2. The summed E-state index contributed by atoms with van der Waals surface area (Å²) in [5, 5.41) is 117. The van der Waals surface area contributed by atoms with Gasteiger partial charge in [-0.05, 0) is 74.2 Å². The number of esters is 2. The first-order chi connectivity index (χ1) is 57.6. The molecule has 24 atom stereocenters. The van der Waals surface area contributed by atoms with Crippen molar-refractivity contribution in [2.45, 2.75) is 190 Å². The number of aliphatic hydroxyl groups is 12.